The van der Waals surface area contributed by atoms with Crippen molar-refractivity contribution in [2.75, 3.05) is 6.61 Å². The molecule has 0 fully saturated rings. The third-order valence-corrected chi connectivity index (χ3v) is 2.76. The Kier molecular flexibility index (Phi) is 6.66. The first-order valence-electron chi connectivity index (χ1n) is 4.26. The molecule has 0 N–H and O–H groups in total. The molecule has 16 heavy (non-hydrogen) atoms. The van der Waals surface area contributed by atoms with E-state index in [2.05, 4.69) is 9.46 Å². The summed E-state index contributed by atoms with van der Waals surface area (Å²) in [5, 5.41) is 0. The number of hydrogen-bond acceptors (Lipinski definition) is 4. The van der Waals surface area contributed by atoms with E-state index in [9.17, 15) is 13.2 Å². The first kappa shape index (κ1) is 15.4. The van der Waals surface area contributed by atoms with Crippen LogP contribution in [0.4, 0.5) is 4.79 Å². The number of rotatable bonds is 3. The van der Waals surface area contributed by atoms with Crippen molar-refractivity contribution in [1.82, 2.24) is 0 Å². The molecule has 0 unspecified atom stereocenters. The molecule has 1 rings (SSSR count). The molecule has 0 saturated heterocycles. The third kappa shape index (κ3) is 4.52. The van der Waals surface area contributed by atoms with Crippen molar-refractivity contribution in [3.05, 3.63) is 35.1 Å². The maximum absolute atomic E-state index is 11.4. The van der Waals surface area contributed by atoms with Crippen molar-refractivity contribution in [2.45, 2.75) is 11.8 Å². The molecule has 0 aliphatic heterocycles. The minimum absolute atomic E-state index is 0. The third-order valence-electron chi connectivity index (χ3n) is 1.50. The summed E-state index contributed by atoms with van der Waals surface area (Å²) in [4.78, 5) is 10.8. The van der Waals surface area contributed by atoms with Gasteiger partial charge in [0.05, 0.1) is 11.5 Å². The summed E-state index contributed by atoms with van der Waals surface area (Å²) < 4.78 is 30.3. The van der Waals surface area contributed by atoms with Crippen molar-refractivity contribution in [3.63, 3.8) is 0 Å². The second-order valence-electron chi connectivity index (χ2n) is 2.58. The van der Waals surface area contributed by atoms with Crippen LogP contribution in [0.15, 0.2) is 35.2 Å². The molecule has 0 saturated carbocycles. The predicted molar refractivity (Wildman–Crippen MR) is 54.0 cm³/mol. The van der Waals surface area contributed by atoms with Gasteiger partial charge in [0.1, 0.15) is 10.0 Å². The fraction of sp³-hybridized carbons (Fsp3) is 0.222. The van der Waals surface area contributed by atoms with Gasteiger partial charge in [-0.05, 0) is 19.1 Å². The van der Waals surface area contributed by atoms with Gasteiger partial charge in [-0.15, -0.1) is 0 Å². The van der Waals surface area contributed by atoms with E-state index < -0.39 is 16.1 Å². The SMILES string of the molecule is CCOC(=O)[N-]S(=O)(=O)c1ccccc1.[Na+]. The van der Waals surface area contributed by atoms with Gasteiger partial charge in [-0.3, -0.25) is 4.79 Å². The Hall–Kier alpha value is -0.560. The van der Waals surface area contributed by atoms with Crippen LogP contribution in [0.1, 0.15) is 6.92 Å². The molecular formula is C9H10NNaO4S. The molecule has 1 aromatic rings. The molecular weight excluding hydrogens is 241 g/mol. The molecule has 0 bridgehead atoms. The zero-order chi connectivity index (χ0) is 11.3. The zero-order valence-corrected chi connectivity index (χ0v) is 11.9. The Morgan fingerprint density at radius 3 is 2.38 bits per heavy atom. The molecule has 0 heterocycles. The van der Waals surface area contributed by atoms with Gasteiger partial charge in [-0.1, -0.05) is 18.2 Å². The second kappa shape index (κ2) is 6.90. The van der Waals surface area contributed by atoms with Gasteiger partial charge in [0.2, 0.25) is 6.09 Å². The van der Waals surface area contributed by atoms with Crippen LogP contribution in [0.5, 0.6) is 0 Å². The summed E-state index contributed by atoms with van der Waals surface area (Å²) in [5.41, 5.74) is 0. The van der Waals surface area contributed by atoms with Crippen molar-refractivity contribution < 1.29 is 47.5 Å². The molecule has 0 spiro atoms. The number of carbonyl (C=O) groups excluding carboxylic acids is 1. The van der Waals surface area contributed by atoms with Crippen LogP contribution < -0.4 is 29.6 Å². The smallest absolute Gasteiger partial charge is 0.506 e. The number of nitrogens with zero attached hydrogens (tertiary/aromatic N) is 1. The maximum Gasteiger partial charge on any atom is 1.00 e. The van der Waals surface area contributed by atoms with E-state index in [-0.39, 0.29) is 41.1 Å². The Balaban J connectivity index is 0.00000225. The fourth-order valence-electron chi connectivity index (χ4n) is 0.893. The summed E-state index contributed by atoms with van der Waals surface area (Å²) in [6.07, 6.45) is -1.10. The molecule has 1 amide bonds. The first-order valence-corrected chi connectivity index (χ1v) is 5.70. The summed E-state index contributed by atoms with van der Waals surface area (Å²) in [6, 6.07) is 7.49. The molecule has 1 aromatic carbocycles. The average molecular weight is 251 g/mol. The number of carbonyl (C=O) groups is 1. The number of amides is 1. The normalized spacial score (nSPS) is 10.1. The maximum atomic E-state index is 11.4. The molecule has 0 atom stereocenters. The van der Waals surface area contributed by atoms with Gasteiger partial charge in [0, 0.05) is 0 Å². The van der Waals surface area contributed by atoms with Crippen LogP contribution in [0.3, 0.4) is 0 Å². The minimum atomic E-state index is -3.93. The van der Waals surface area contributed by atoms with Gasteiger partial charge in [-0.2, -0.15) is 0 Å². The van der Waals surface area contributed by atoms with E-state index in [1.54, 1.807) is 25.1 Å². The second-order valence-corrected chi connectivity index (χ2v) is 4.18. The van der Waals surface area contributed by atoms with Crippen LogP contribution in [-0.4, -0.2) is 21.1 Å². The summed E-state index contributed by atoms with van der Waals surface area (Å²) in [7, 11) is -3.93. The van der Waals surface area contributed by atoms with Crippen LogP contribution in [0, 0.1) is 0 Å². The van der Waals surface area contributed by atoms with E-state index in [1.807, 2.05) is 0 Å². The van der Waals surface area contributed by atoms with E-state index in [0.717, 1.165) is 0 Å². The van der Waals surface area contributed by atoms with Gasteiger partial charge in [-0.25, -0.2) is 8.42 Å². The molecule has 7 heteroatoms. The summed E-state index contributed by atoms with van der Waals surface area (Å²) >= 11 is 0. The molecule has 0 aliphatic rings. The molecule has 82 valence electrons. The predicted octanol–water partition coefficient (Wildman–Crippen LogP) is -1.09. The summed E-state index contributed by atoms with van der Waals surface area (Å²) in [6.45, 7) is 1.66. The largest absolute Gasteiger partial charge is 1.00 e. The van der Waals surface area contributed by atoms with E-state index in [4.69, 9.17) is 0 Å². The van der Waals surface area contributed by atoms with Crippen LogP contribution in [0.25, 0.3) is 4.72 Å². The Morgan fingerprint density at radius 2 is 1.88 bits per heavy atom. The summed E-state index contributed by atoms with van der Waals surface area (Å²) in [5.74, 6) is 0. The van der Waals surface area contributed by atoms with E-state index in [0.29, 0.717) is 0 Å². The van der Waals surface area contributed by atoms with Crippen molar-refractivity contribution in [1.29, 1.82) is 0 Å². The van der Waals surface area contributed by atoms with Crippen LogP contribution in [-0.2, 0) is 14.8 Å². The van der Waals surface area contributed by atoms with Crippen molar-refractivity contribution in [2.24, 2.45) is 0 Å². The minimum Gasteiger partial charge on any atom is -0.506 e. The van der Waals surface area contributed by atoms with Crippen LogP contribution in [0.2, 0.25) is 0 Å². The van der Waals surface area contributed by atoms with Crippen molar-refractivity contribution in [3.8, 4) is 0 Å². The number of ether oxygens (including phenoxy) is 1. The molecule has 5 nitrogen and oxygen atoms in total. The standard InChI is InChI=1S/C9H11NO4S.Na/c1-2-14-9(11)10-15(12,13)8-6-4-3-5-7-8;/h3-7H,2H2,1H3,(H,10,11);/q;+1/p-1. The first-order chi connectivity index (χ1) is 7.06. The molecule has 0 aromatic heterocycles. The van der Waals surface area contributed by atoms with E-state index >= 15 is 0 Å². The Bertz CT molecular complexity index is 432. The molecule has 0 aliphatic carbocycles. The fourth-order valence-corrected chi connectivity index (χ4v) is 1.75. The number of benzene rings is 1. The monoisotopic (exact) mass is 251 g/mol. The van der Waals surface area contributed by atoms with Crippen molar-refractivity contribution >= 4 is 16.1 Å². The van der Waals surface area contributed by atoms with E-state index in [1.165, 1.54) is 12.1 Å². The topological polar surface area (TPSA) is 74.5 Å². The zero-order valence-electron chi connectivity index (χ0n) is 9.08. The number of hydrogen-bond donors (Lipinski definition) is 0. The molecule has 0 radical (unpaired) electrons. The van der Waals surface area contributed by atoms with Crippen LogP contribution >= 0.6 is 0 Å². The van der Waals surface area contributed by atoms with Gasteiger partial charge < -0.3 is 9.46 Å². The average Bonchev–Trinajstić information content (AvgIpc) is 2.18. The number of sulfonamides is 1. The van der Waals surface area contributed by atoms with Gasteiger partial charge >= 0.3 is 29.6 Å². The Morgan fingerprint density at radius 1 is 1.31 bits per heavy atom. The Labute approximate surface area is 117 Å². The van der Waals surface area contributed by atoms with Gasteiger partial charge in [0.25, 0.3) is 0 Å². The van der Waals surface area contributed by atoms with Gasteiger partial charge in [0.15, 0.2) is 0 Å². The quantitative estimate of drug-likeness (QED) is 0.640.